The van der Waals surface area contributed by atoms with Crippen LogP contribution in [-0.4, -0.2) is 51.9 Å². The maximum absolute atomic E-state index is 13.7. The molecule has 6 rings (SSSR count). The monoisotopic (exact) mass is 517 g/mol. The number of rotatable bonds is 12. The number of carbonyl (C=O) groups is 1. The molecule has 9 nitrogen and oxygen atoms in total. The minimum absolute atomic E-state index is 0.00996. The van der Waals surface area contributed by atoms with Gasteiger partial charge in [0, 0.05) is 55.5 Å². The Kier molecular flexibility index (Phi) is 7.62. The predicted octanol–water partition coefficient (Wildman–Crippen LogP) is 5.12. The maximum atomic E-state index is 13.7. The molecule has 3 aromatic rings. The number of aromatic nitrogens is 4. The highest BCUT2D eigenvalue weighted by Crippen LogP contribution is 2.38. The van der Waals surface area contributed by atoms with Gasteiger partial charge in [0.05, 0.1) is 5.69 Å². The molecule has 0 unspecified atom stereocenters. The van der Waals surface area contributed by atoms with Crippen molar-refractivity contribution in [2.24, 2.45) is 5.92 Å². The molecule has 0 bridgehead atoms. The zero-order valence-corrected chi connectivity index (χ0v) is 21.8. The summed E-state index contributed by atoms with van der Waals surface area (Å²) >= 11 is 0. The molecule has 38 heavy (non-hydrogen) atoms. The normalized spacial score (nSPS) is 17.9. The fourth-order valence-corrected chi connectivity index (χ4v) is 4.86. The molecule has 3 aliphatic rings. The van der Waals surface area contributed by atoms with Crippen LogP contribution in [0.4, 0.5) is 5.69 Å². The van der Waals surface area contributed by atoms with Gasteiger partial charge in [-0.05, 0) is 69.6 Å². The summed E-state index contributed by atoms with van der Waals surface area (Å²) in [5, 5.41) is 4.11. The predicted molar refractivity (Wildman–Crippen MR) is 141 cm³/mol. The first-order valence-electron chi connectivity index (χ1n) is 14.0. The fraction of sp³-hybridized carbons (Fsp3) is 0.552. The van der Waals surface area contributed by atoms with E-state index in [1.54, 1.807) is 6.20 Å². The molecule has 200 valence electrons. The summed E-state index contributed by atoms with van der Waals surface area (Å²) < 4.78 is 16.7. The molecule has 2 aromatic heterocycles. The first-order valence-corrected chi connectivity index (χ1v) is 14.0. The molecule has 1 aliphatic heterocycles. The van der Waals surface area contributed by atoms with Gasteiger partial charge < -0.3 is 18.9 Å². The van der Waals surface area contributed by atoms with E-state index >= 15 is 0 Å². The van der Waals surface area contributed by atoms with Crippen LogP contribution in [0.1, 0.15) is 75.4 Å². The van der Waals surface area contributed by atoms with Gasteiger partial charge in [-0.25, -0.2) is 4.98 Å². The van der Waals surface area contributed by atoms with E-state index in [4.69, 9.17) is 14.0 Å². The number of unbranched alkanes of at least 4 members (excludes halogenated alkanes) is 2. The van der Waals surface area contributed by atoms with Crippen molar-refractivity contribution in [3.63, 3.8) is 0 Å². The average Bonchev–Trinajstić information content (AvgIpc) is 3.91. The Morgan fingerprint density at radius 1 is 1.00 bits per heavy atom. The second kappa shape index (κ2) is 11.6. The van der Waals surface area contributed by atoms with Crippen molar-refractivity contribution in [2.45, 2.75) is 76.2 Å². The van der Waals surface area contributed by atoms with Gasteiger partial charge >= 0.3 is 6.01 Å². The van der Waals surface area contributed by atoms with Crippen molar-refractivity contribution in [1.82, 2.24) is 20.1 Å². The number of amides is 1. The van der Waals surface area contributed by atoms with Gasteiger partial charge in [-0.2, -0.15) is 9.97 Å². The van der Waals surface area contributed by atoms with Crippen molar-refractivity contribution < 1.29 is 18.8 Å². The van der Waals surface area contributed by atoms with Crippen LogP contribution in [0.3, 0.4) is 0 Å². The van der Waals surface area contributed by atoms with Gasteiger partial charge in [-0.1, -0.05) is 23.7 Å². The zero-order chi connectivity index (χ0) is 25.7. The van der Waals surface area contributed by atoms with Crippen LogP contribution in [0.5, 0.6) is 6.01 Å². The SMILES string of the molecule is O=C(C1CCOCC1)N(CCCCCc1nc(C2CC2)no1)c1cccc(-c2ccnc(OC3CC3)n2)c1. The van der Waals surface area contributed by atoms with Crippen LogP contribution in [0.2, 0.25) is 0 Å². The Bertz CT molecular complexity index is 1230. The molecule has 0 atom stereocenters. The lowest BCUT2D eigenvalue weighted by molar-refractivity contribution is -0.125. The Hall–Kier alpha value is -3.33. The number of aryl methyl sites for hydroxylation is 1. The van der Waals surface area contributed by atoms with E-state index in [1.165, 1.54) is 12.8 Å². The van der Waals surface area contributed by atoms with Gasteiger partial charge in [-0.15, -0.1) is 0 Å². The van der Waals surface area contributed by atoms with E-state index in [9.17, 15) is 4.79 Å². The van der Waals surface area contributed by atoms with Crippen LogP contribution >= 0.6 is 0 Å². The lowest BCUT2D eigenvalue weighted by Gasteiger charge is -2.30. The van der Waals surface area contributed by atoms with Crippen molar-refractivity contribution in [1.29, 1.82) is 0 Å². The Morgan fingerprint density at radius 2 is 1.87 bits per heavy atom. The highest BCUT2D eigenvalue weighted by Gasteiger charge is 2.29. The summed E-state index contributed by atoms with van der Waals surface area (Å²) in [6.07, 6.45) is 11.6. The van der Waals surface area contributed by atoms with E-state index in [2.05, 4.69) is 26.2 Å². The van der Waals surface area contributed by atoms with Gasteiger partial charge in [-0.3, -0.25) is 4.79 Å². The first-order chi connectivity index (χ1) is 18.7. The number of carbonyl (C=O) groups excluding carboxylic acids is 1. The third kappa shape index (κ3) is 6.38. The van der Waals surface area contributed by atoms with Crippen LogP contribution in [0, 0.1) is 5.92 Å². The summed E-state index contributed by atoms with van der Waals surface area (Å²) in [6.45, 7) is 1.95. The number of nitrogens with zero attached hydrogens (tertiary/aromatic N) is 5. The molecule has 1 amide bonds. The Balaban J connectivity index is 1.12. The molecule has 9 heteroatoms. The molecule has 0 N–H and O–H groups in total. The van der Waals surface area contributed by atoms with E-state index in [1.807, 2.05) is 29.2 Å². The van der Waals surface area contributed by atoms with Crippen molar-refractivity contribution >= 4 is 11.6 Å². The molecular formula is C29H35N5O4. The molecule has 0 radical (unpaired) electrons. The van der Waals surface area contributed by atoms with E-state index in [-0.39, 0.29) is 17.9 Å². The third-order valence-corrected chi connectivity index (χ3v) is 7.42. The molecule has 2 aliphatic carbocycles. The van der Waals surface area contributed by atoms with Crippen molar-refractivity contribution in [3.8, 4) is 17.3 Å². The standard InChI is InChI=1S/C29H35N5O4/c35-28(21-13-17-36-18-14-21)34(16-3-1-2-7-26-32-27(33-38-26)20-8-9-20)23-6-4-5-22(19-23)25-12-15-30-29(31-25)37-24-10-11-24/h4-6,12,15,19-21,24H,1-3,7-11,13-14,16-18H2. The summed E-state index contributed by atoms with van der Waals surface area (Å²) in [4.78, 5) is 29.0. The lowest BCUT2D eigenvalue weighted by atomic mass is 9.97. The van der Waals surface area contributed by atoms with E-state index in [0.29, 0.717) is 31.7 Å². The molecule has 3 fully saturated rings. The van der Waals surface area contributed by atoms with Crippen LogP contribution in [-0.2, 0) is 16.0 Å². The van der Waals surface area contributed by atoms with Gasteiger partial charge in [0.25, 0.3) is 0 Å². The molecule has 1 aromatic carbocycles. The second-order valence-corrected chi connectivity index (χ2v) is 10.6. The summed E-state index contributed by atoms with van der Waals surface area (Å²) in [5.41, 5.74) is 2.63. The minimum atomic E-state index is -0.00996. The third-order valence-electron chi connectivity index (χ3n) is 7.42. The highest BCUT2D eigenvalue weighted by molar-refractivity contribution is 5.95. The first kappa shape index (κ1) is 25.0. The fourth-order valence-electron chi connectivity index (χ4n) is 4.86. The number of benzene rings is 1. The van der Waals surface area contributed by atoms with E-state index < -0.39 is 0 Å². The number of anilines is 1. The van der Waals surface area contributed by atoms with Crippen molar-refractivity contribution in [2.75, 3.05) is 24.7 Å². The topological polar surface area (TPSA) is 103 Å². The summed E-state index contributed by atoms with van der Waals surface area (Å²) in [5.74, 6) is 2.27. The van der Waals surface area contributed by atoms with Crippen LogP contribution < -0.4 is 9.64 Å². The molecule has 2 saturated carbocycles. The quantitative estimate of drug-likeness (QED) is 0.305. The molecular weight excluding hydrogens is 482 g/mol. The number of ether oxygens (including phenoxy) is 2. The van der Waals surface area contributed by atoms with Gasteiger partial charge in [0.1, 0.15) is 6.10 Å². The molecule has 0 spiro atoms. The summed E-state index contributed by atoms with van der Waals surface area (Å²) in [7, 11) is 0. The number of hydrogen-bond donors (Lipinski definition) is 0. The van der Waals surface area contributed by atoms with Gasteiger partial charge in [0.15, 0.2) is 5.82 Å². The second-order valence-electron chi connectivity index (χ2n) is 10.6. The highest BCUT2D eigenvalue weighted by atomic mass is 16.5. The average molecular weight is 518 g/mol. The van der Waals surface area contributed by atoms with Crippen LogP contribution in [0.15, 0.2) is 41.1 Å². The van der Waals surface area contributed by atoms with Crippen molar-refractivity contribution in [3.05, 3.63) is 48.2 Å². The Labute approximate surface area is 223 Å². The van der Waals surface area contributed by atoms with Gasteiger partial charge in [0.2, 0.25) is 11.8 Å². The zero-order valence-electron chi connectivity index (χ0n) is 21.8. The lowest BCUT2D eigenvalue weighted by Crippen LogP contribution is -2.39. The number of hydrogen-bond acceptors (Lipinski definition) is 8. The molecule has 3 heterocycles. The smallest absolute Gasteiger partial charge is 0.317 e. The molecule has 1 saturated heterocycles. The summed E-state index contributed by atoms with van der Waals surface area (Å²) in [6, 6.07) is 10.4. The maximum Gasteiger partial charge on any atom is 0.317 e. The van der Waals surface area contributed by atoms with Crippen LogP contribution in [0.25, 0.3) is 11.3 Å². The van der Waals surface area contributed by atoms with E-state index in [0.717, 1.165) is 80.0 Å². The Morgan fingerprint density at radius 3 is 2.68 bits per heavy atom. The minimum Gasteiger partial charge on any atom is -0.460 e. The largest absolute Gasteiger partial charge is 0.460 e.